The lowest BCUT2D eigenvalue weighted by Gasteiger charge is -2.38. The Balaban J connectivity index is 1.56. The molecule has 3 aromatic carbocycles. The summed E-state index contributed by atoms with van der Waals surface area (Å²) in [7, 11) is 2.00. The highest BCUT2D eigenvalue weighted by atomic mass is 35.5. The van der Waals surface area contributed by atoms with Crippen LogP contribution in [0.3, 0.4) is 0 Å². The number of nitrogens with one attached hydrogen (secondary N) is 1. The van der Waals surface area contributed by atoms with Gasteiger partial charge in [-0.3, -0.25) is 14.5 Å². The number of hydrogen-bond acceptors (Lipinski definition) is 5. The van der Waals surface area contributed by atoms with Crippen LogP contribution in [0.1, 0.15) is 35.3 Å². The van der Waals surface area contributed by atoms with Crippen molar-refractivity contribution in [1.82, 2.24) is 9.80 Å². The molecule has 0 aliphatic carbocycles. The second kappa shape index (κ2) is 13.5. The fourth-order valence-corrected chi connectivity index (χ4v) is 5.15. The molecule has 212 valence electrons. The summed E-state index contributed by atoms with van der Waals surface area (Å²) in [6.45, 7) is 5.35. The number of nitrogens with zero attached hydrogens (tertiary/aromatic N) is 2. The number of carbonyl (C=O) groups excluding carboxylic acids is 2. The molecule has 0 fully saturated rings. The van der Waals surface area contributed by atoms with E-state index < -0.39 is 0 Å². The monoisotopic (exact) mass is 583 g/mol. The summed E-state index contributed by atoms with van der Waals surface area (Å²) in [6, 6.07) is 19.8. The maximum atomic E-state index is 13.7. The Labute approximate surface area is 245 Å². The van der Waals surface area contributed by atoms with Gasteiger partial charge in [0.1, 0.15) is 11.9 Å². The van der Waals surface area contributed by atoms with Gasteiger partial charge in [-0.25, -0.2) is 0 Å². The number of aliphatic hydroxyl groups is 1. The molecule has 0 aromatic heterocycles. The number of rotatable bonds is 9. The summed E-state index contributed by atoms with van der Waals surface area (Å²) in [4.78, 5) is 30.2. The zero-order chi connectivity index (χ0) is 28.8. The molecule has 0 saturated carbocycles. The normalized spacial score (nSPS) is 18.0. The Morgan fingerprint density at radius 3 is 2.55 bits per heavy atom. The summed E-state index contributed by atoms with van der Waals surface area (Å²) in [5, 5.41) is 13.8. The van der Waals surface area contributed by atoms with E-state index in [1.165, 1.54) is 0 Å². The molecule has 2 amide bonds. The average Bonchev–Trinajstić information content (AvgIpc) is 2.93. The van der Waals surface area contributed by atoms with Gasteiger partial charge >= 0.3 is 0 Å². The van der Waals surface area contributed by atoms with Crippen molar-refractivity contribution >= 4 is 40.7 Å². The smallest absolute Gasteiger partial charge is 0.258 e. The molecule has 0 saturated heterocycles. The Morgan fingerprint density at radius 1 is 1.10 bits per heavy atom. The Bertz CT molecular complexity index is 1340. The standard InChI is InChI=1S/C31H35Cl2N3O4/c1-20-16-36(21(2)19-37)31(39)25-15-24(34-30(38)14-22-7-5-4-6-8-22)10-12-28(25)40-29(20)18-35(3)17-23-9-11-26(32)27(33)13-23/h4-13,15,20-21,29,37H,14,16-19H2,1-3H3,(H,34,38)/t20-,21-,29-/m1/s1. The third-order valence-electron chi connectivity index (χ3n) is 7.08. The predicted octanol–water partition coefficient (Wildman–Crippen LogP) is 5.53. The number of benzene rings is 3. The van der Waals surface area contributed by atoms with Gasteiger partial charge in [0, 0.05) is 31.2 Å². The molecule has 1 aliphatic rings. The van der Waals surface area contributed by atoms with Crippen molar-refractivity contribution < 1.29 is 19.4 Å². The molecular formula is C31H35Cl2N3O4. The number of ether oxygens (including phenoxy) is 1. The molecule has 0 bridgehead atoms. The van der Waals surface area contributed by atoms with Crippen LogP contribution in [0, 0.1) is 5.92 Å². The molecule has 1 heterocycles. The summed E-state index contributed by atoms with van der Waals surface area (Å²) in [5.41, 5.74) is 2.78. The number of hydrogen-bond donors (Lipinski definition) is 2. The highest BCUT2D eigenvalue weighted by molar-refractivity contribution is 6.42. The van der Waals surface area contributed by atoms with Gasteiger partial charge in [-0.1, -0.05) is 66.5 Å². The van der Waals surface area contributed by atoms with Crippen molar-refractivity contribution in [2.45, 2.75) is 39.0 Å². The molecule has 0 spiro atoms. The highest BCUT2D eigenvalue weighted by Gasteiger charge is 2.33. The fraction of sp³-hybridized carbons (Fsp3) is 0.355. The van der Waals surface area contributed by atoms with Gasteiger partial charge in [-0.2, -0.15) is 0 Å². The molecule has 7 nitrogen and oxygen atoms in total. The van der Waals surface area contributed by atoms with Crippen LogP contribution in [0.4, 0.5) is 5.69 Å². The Hall–Kier alpha value is -3.10. The first-order valence-electron chi connectivity index (χ1n) is 13.3. The number of amides is 2. The lowest BCUT2D eigenvalue weighted by molar-refractivity contribution is -0.115. The maximum Gasteiger partial charge on any atom is 0.258 e. The number of aliphatic hydroxyl groups excluding tert-OH is 1. The fourth-order valence-electron chi connectivity index (χ4n) is 4.83. The predicted molar refractivity (Wildman–Crippen MR) is 159 cm³/mol. The first-order valence-corrected chi connectivity index (χ1v) is 14.1. The Kier molecular flexibility index (Phi) is 10.1. The van der Waals surface area contributed by atoms with E-state index in [9.17, 15) is 14.7 Å². The second-order valence-corrected chi connectivity index (χ2v) is 11.3. The molecule has 0 radical (unpaired) electrons. The molecule has 9 heteroatoms. The van der Waals surface area contributed by atoms with E-state index in [2.05, 4.69) is 10.2 Å². The molecule has 3 atom stereocenters. The van der Waals surface area contributed by atoms with E-state index in [4.69, 9.17) is 27.9 Å². The summed E-state index contributed by atoms with van der Waals surface area (Å²) in [6.07, 6.45) is -0.0209. The van der Waals surface area contributed by atoms with Gasteiger partial charge in [0.15, 0.2) is 0 Å². The van der Waals surface area contributed by atoms with Crippen molar-refractivity contribution in [1.29, 1.82) is 0 Å². The van der Waals surface area contributed by atoms with Crippen LogP contribution in [0.5, 0.6) is 5.75 Å². The van der Waals surface area contributed by atoms with E-state index >= 15 is 0 Å². The molecule has 40 heavy (non-hydrogen) atoms. The minimum Gasteiger partial charge on any atom is -0.488 e. The second-order valence-electron chi connectivity index (χ2n) is 10.5. The van der Waals surface area contributed by atoms with E-state index in [0.29, 0.717) is 46.7 Å². The summed E-state index contributed by atoms with van der Waals surface area (Å²) < 4.78 is 6.48. The van der Waals surface area contributed by atoms with Crippen LogP contribution in [0.15, 0.2) is 66.7 Å². The lowest BCUT2D eigenvalue weighted by Crippen LogP contribution is -2.49. The molecule has 0 unspecified atom stereocenters. The number of carbonyl (C=O) groups is 2. The third kappa shape index (κ3) is 7.55. The average molecular weight is 585 g/mol. The quantitative estimate of drug-likeness (QED) is 0.346. The van der Waals surface area contributed by atoms with Gasteiger partial charge < -0.3 is 20.1 Å². The minimum atomic E-state index is -0.383. The number of halogens is 2. The molecule has 3 aromatic rings. The van der Waals surface area contributed by atoms with Gasteiger partial charge in [0.05, 0.1) is 34.7 Å². The topological polar surface area (TPSA) is 82.1 Å². The summed E-state index contributed by atoms with van der Waals surface area (Å²) in [5.74, 6) is -0.000155. The number of anilines is 1. The van der Waals surface area contributed by atoms with Crippen LogP contribution in [0.25, 0.3) is 0 Å². The van der Waals surface area contributed by atoms with E-state index in [1.807, 2.05) is 63.4 Å². The maximum absolute atomic E-state index is 13.7. The summed E-state index contributed by atoms with van der Waals surface area (Å²) >= 11 is 12.3. The number of likely N-dealkylation sites (N-methyl/N-ethyl adjacent to an activating group) is 1. The number of fused-ring (bicyclic) bond motifs is 1. The van der Waals surface area contributed by atoms with Crippen LogP contribution >= 0.6 is 23.2 Å². The van der Waals surface area contributed by atoms with Gasteiger partial charge in [0.2, 0.25) is 5.91 Å². The van der Waals surface area contributed by atoms with Crippen LogP contribution in [0.2, 0.25) is 10.0 Å². The van der Waals surface area contributed by atoms with Crippen LogP contribution in [-0.4, -0.2) is 65.6 Å². The van der Waals surface area contributed by atoms with Crippen molar-refractivity contribution in [3.8, 4) is 5.75 Å². The van der Waals surface area contributed by atoms with E-state index in [0.717, 1.165) is 11.1 Å². The lowest BCUT2D eigenvalue weighted by atomic mass is 9.99. The zero-order valence-corrected chi connectivity index (χ0v) is 24.5. The molecule has 2 N–H and O–H groups in total. The van der Waals surface area contributed by atoms with Gasteiger partial charge in [0.25, 0.3) is 5.91 Å². The first-order chi connectivity index (χ1) is 19.1. The SMILES string of the molecule is C[C@@H]1CN([C@H](C)CO)C(=O)c2cc(NC(=O)Cc3ccccc3)ccc2O[C@@H]1CN(C)Cc1ccc(Cl)c(Cl)c1. The van der Waals surface area contributed by atoms with Crippen molar-refractivity contribution in [3.05, 3.63) is 93.5 Å². The van der Waals surface area contributed by atoms with Crippen LogP contribution in [-0.2, 0) is 17.8 Å². The highest BCUT2D eigenvalue weighted by Crippen LogP contribution is 2.31. The van der Waals surface area contributed by atoms with Crippen molar-refractivity contribution in [2.75, 3.05) is 32.1 Å². The van der Waals surface area contributed by atoms with E-state index in [-0.39, 0.29) is 42.9 Å². The van der Waals surface area contributed by atoms with E-state index in [1.54, 1.807) is 29.2 Å². The third-order valence-corrected chi connectivity index (χ3v) is 7.82. The van der Waals surface area contributed by atoms with Crippen molar-refractivity contribution in [3.63, 3.8) is 0 Å². The Morgan fingerprint density at radius 2 is 1.85 bits per heavy atom. The van der Waals surface area contributed by atoms with Crippen molar-refractivity contribution in [2.24, 2.45) is 5.92 Å². The van der Waals surface area contributed by atoms with Gasteiger partial charge in [-0.15, -0.1) is 0 Å². The molecule has 4 rings (SSSR count). The minimum absolute atomic E-state index is 0.0207. The molecular weight excluding hydrogens is 549 g/mol. The molecule has 1 aliphatic heterocycles. The van der Waals surface area contributed by atoms with Gasteiger partial charge in [-0.05, 0) is 55.4 Å². The first kappa shape index (κ1) is 29.9. The largest absolute Gasteiger partial charge is 0.488 e. The zero-order valence-electron chi connectivity index (χ0n) is 22.9. The van der Waals surface area contributed by atoms with Crippen LogP contribution < -0.4 is 10.1 Å².